The molecule has 19 heavy (non-hydrogen) atoms. The van der Waals surface area contributed by atoms with Crippen LogP contribution in [0.5, 0.6) is 0 Å². The second-order valence-corrected chi connectivity index (χ2v) is 5.66. The quantitative estimate of drug-likeness (QED) is 0.795. The Kier molecular flexibility index (Phi) is 4.99. The van der Waals surface area contributed by atoms with Gasteiger partial charge in [0.2, 0.25) is 0 Å². The van der Waals surface area contributed by atoms with Crippen molar-refractivity contribution in [2.75, 3.05) is 18.1 Å². The number of hydrogen-bond donors (Lipinski definition) is 0. The van der Waals surface area contributed by atoms with E-state index in [-0.39, 0.29) is 0 Å². The Balaban J connectivity index is 2.16. The first kappa shape index (κ1) is 14.5. The summed E-state index contributed by atoms with van der Waals surface area (Å²) in [5.41, 5.74) is 0. The van der Waals surface area contributed by atoms with Crippen molar-refractivity contribution in [3.05, 3.63) is 17.0 Å². The Bertz CT molecular complexity index is 427. The van der Waals surface area contributed by atoms with Gasteiger partial charge in [0.05, 0.1) is 0 Å². The minimum atomic E-state index is 0.419. The maximum Gasteiger partial charge on any atom is 0.158 e. The molecule has 1 aromatic heterocycles. The Morgan fingerprint density at radius 3 is 2.89 bits per heavy atom. The van der Waals surface area contributed by atoms with E-state index < -0.39 is 0 Å². The van der Waals surface area contributed by atoms with E-state index in [1.165, 1.54) is 12.8 Å². The maximum atomic E-state index is 6.09. The summed E-state index contributed by atoms with van der Waals surface area (Å²) < 4.78 is 5.36. The normalized spacial score (nSPS) is 23.7. The van der Waals surface area contributed by atoms with Crippen LogP contribution < -0.4 is 4.90 Å². The molecule has 0 saturated carbocycles. The van der Waals surface area contributed by atoms with E-state index in [0.29, 0.717) is 30.2 Å². The predicted octanol–water partition coefficient (Wildman–Crippen LogP) is 3.29. The van der Waals surface area contributed by atoms with E-state index in [1.54, 1.807) is 0 Å². The van der Waals surface area contributed by atoms with Crippen LogP contribution in [0.3, 0.4) is 0 Å². The largest absolute Gasteiger partial charge is 0.374 e. The number of nitrogens with zero attached hydrogens (tertiary/aromatic N) is 3. The van der Waals surface area contributed by atoms with Crippen molar-refractivity contribution in [1.29, 1.82) is 0 Å². The van der Waals surface area contributed by atoms with Gasteiger partial charge in [-0.2, -0.15) is 0 Å². The number of piperidine rings is 1. The number of aromatic nitrogens is 2. The second kappa shape index (κ2) is 6.53. The third-order valence-electron chi connectivity index (χ3n) is 3.60. The first-order chi connectivity index (χ1) is 9.10. The van der Waals surface area contributed by atoms with E-state index in [4.69, 9.17) is 16.3 Å². The van der Waals surface area contributed by atoms with Gasteiger partial charge in [-0.25, -0.2) is 9.97 Å². The van der Waals surface area contributed by atoms with Gasteiger partial charge < -0.3 is 9.64 Å². The van der Waals surface area contributed by atoms with Crippen LogP contribution in [-0.4, -0.2) is 29.2 Å². The van der Waals surface area contributed by atoms with Gasteiger partial charge in [-0.3, -0.25) is 0 Å². The molecule has 0 amide bonds. The molecule has 4 nitrogen and oxygen atoms in total. The highest BCUT2D eigenvalue weighted by Gasteiger charge is 2.24. The minimum Gasteiger partial charge on any atom is -0.374 e. The number of halogens is 1. The summed E-state index contributed by atoms with van der Waals surface area (Å²) in [6.45, 7) is 8.62. The molecule has 106 valence electrons. The van der Waals surface area contributed by atoms with E-state index in [2.05, 4.69) is 28.7 Å². The number of ether oxygens (including phenoxy) is 1. The van der Waals surface area contributed by atoms with Crippen LogP contribution in [0.1, 0.15) is 39.4 Å². The fraction of sp³-hybridized carbons (Fsp3) is 0.714. The minimum absolute atomic E-state index is 0.419. The molecule has 2 unspecified atom stereocenters. The molecule has 2 rings (SSSR count). The third-order valence-corrected chi connectivity index (χ3v) is 3.79. The summed E-state index contributed by atoms with van der Waals surface area (Å²) in [4.78, 5) is 11.1. The van der Waals surface area contributed by atoms with Crippen LogP contribution >= 0.6 is 11.6 Å². The van der Waals surface area contributed by atoms with Crippen molar-refractivity contribution >= 4 is 17.4 Å². The zero-order chi connectivity index (χ0) is 13.8. The van der Waals surface area contributed by atoms with Crippen molar-refractivity contribution in [3.63, 3.8) is 0 Å². The first-order valence-electron chi connectivity index (χ1n) is 6.98. The first-order valence-corrected chi connectivity index (χ1v) is 7.35. The zero-order valence-corrected chi connectivity index (χ0v) is 12.7. The average Bonchev–Trinajstić information content (AvgIpc) is 2.35. The lowest BCUT2D eigenvalue weighted by Crippen LogP contribution is -2.40. The highest BCUT2D eigenvalue weighted by Crippen LogP contribution is 2.27. The van der Waals surface area contributed by atoms with Crippen LogP contribution in [0.4, 0.5) is 5.82 Å². The lowest BCUT2D eigenvalue weighted by atomic mass is 9.93. The van der Waals surface area contributed by atoms with Crippen molar-refractivity contribution in [2.45, 2.75) is 46.3 Å². The Labute approximate surface area is 120 Å². The molecule has 2 heterocycles. The molecule has 0 aliphatic carbocycles. The molecule has 0 spiro atoms. The third kappa shape index (κ3) is 3.80. The summed E-state index contributed by atoms with van der Waals surface area (Å²) >= 11 is 6.09. The van der Waals surface area contributed by atoms with Crippen LogP contribution in [-0.2, 0) is 11.3 Å². The topological polar surface area (TPSA) is 38.2 Å². The fourth-order valence-electron chi connectivity index (χ4n) is 2.60. The smallest absolute Gasteiger partial charge is 0.158 e. The molecule has 1 aliphatic heterocycles. The number of hydrogen-bond acceptors (Lipinski definition) is 4. The van der Waals surface area contributed by atoms with Crippen LogP contribution in [0.2, 0.25) is 5.15 Å². The van der Waals surface area contributed by atoms with Crippen molar-refractivity contribution in [3.8, 4) is 0 Å². The summed E-state index contributed by atoms with van der Waals surface area (Å²) in [6, 6.07) is 2.35. The zero-order valence-electron chi connectivity index (χ0n) is 11.9. The molecular weight excluding hydrogens is 262 g/mol. The lowest BCUT2D eigenvalue weighted by molar-refractivity contribution is 0.128. The number of anilines is 1. The lowest BCUT2D eigenvalue weighted by Gasteiger charge is -2.37. The van der Waals surface area contributed by atoms with E-state index in [1.807, 2.05) is 13.0 Å². The van der Waals surface area contributed by atoms with Crippen LogP contribution in [0, 0.1) is 5.92 Å². The SMILES string of the molecule is CCOCc1nc(Cl)cc(N2CCC(C)CC2C)n1. The Morgan fingerprint density at radius 1 is 1.42 bits per heavy atom. The summed E-state index contributed by atoms with van der Waals surface area (Å²) in [5.74, 6) is 2.37. The van der Waals surface area contributed by atoms with Crippen molar-refractivity contribution < 1.29 is 4.74 Å². The molecular formula is C14H22ClN3O. The second-order valence-electron chi connectivity index (χ2n) is 5.27. The predicted molar refractivity (Wildman–Crippen MR) is 77.6 cm³/mol. The van der Waals surface area contributed by atoms with Crippen LogP contribution in [0.25, 0.3) is 0 Å². The van der Waals surface area contributed by atoms with Gasteiger partial charge in [0.15, 0.2) is 5.82 Å². The summed E-state index contributed by atoms with van der Waals surface area (Å²) in [5, 5.41) is 0.491. The number of rotatable bonds is 4. The highest BCUT2D eigenvalue weighted by atomic mass is 35.5. The van der Waals surface area contributed by atoms with Crippen LogP contribution in [0.15, 0.2) is 6.07 Å². The van der Waals surface area contributed by atoms with E-state index in [9.17, 15) is 0 Å². The van der Waals surface area contributed by atoms with Gasteiger partial charge in [-0.05, 0) is 32.6 Å². The maximum absolute atomic E-state index is 6.09. The van der Waals surface area contributed by atoms with Gasteiger partial charge in [-0.1, -0.05) is 18.5 Å². The molecule has 0 bridgehead atoms. The average molecular weight is 284 g/mol. The van der Waals surface area contributed by atoms with Gasteiger partial charge in [0, 0.05) is 25.3 Å². The van der Waals surface area contributed by atoms with E-state index in [0.717, 1.165) is 18.3 Å². The molecule has 1 aliphatic rings. The van der Waals surface area contributed by atoms with Crippen molar-refractivity contribution in [2.24, 2.45) is 5.92 Å². The molecule has 5 heteroatoms. The summed E-state index contributed by atoms with van der Waals surface area (Å²) in [7, 11) is 0. The van der Waals surface area contributed by atoms with Gasteiger partial charge in [-0.15, -0.1) is 0 Å². The Hall–Kier alpha value is -0.870. The molecule has 1 aromatic rings. The molecule has 0 aromatic carbocycles. The monoisotopic (exact) mass is 283 g/mol. The Morgan fingerprint density at radius 2 is 2.21 bits per heavy atom. The molecule has 1 saturated heterocycles. The molecule has 0 N–H and O–H groups in total. The molecule has 1 fully saturated rings. The molecule has 2 atom stereocenters. The fourth-order valence-corrected chi connectivity index (χ4v) is 2.80. The molecule has 0 radical (unpaired) electrons. The summed E-state index contributed by atoms with van der Waals surface area (Å²) in [6.07, 6.45) is 2.40. The van der Waals surface area contributed by atoms with Gasteiger partial charge >= 0.3 is 0 Å². The van der Waals surface area contributed by atoms with Gasteiger partial charge in [0.1, 0.15) is 17.6 Å². The standard InChI is InChI=1S/C14H22ClN3O/c1-4-19-9-13-16-12(15)8-14(17-13)18-6-5-10(2)7-11(18)3/h8,10-11H,4-7,9H2,1-3H3. The van der Waals surface area contributed by atoms with Gasteiger partial charge in [0.25, 0.3) is 0 Å². The van der Waals surface area contributed by atoms with Crippen molar-refractivity contribution in [1.82, 2.24) is 9.97 Å². The van der Waals surface area contributed by atoms with E-state index >= 15 is 0 Å². The highest BCUT2D eigenvalue weighted by molar-refractivity contribution is 6.29.